The van der Waals surface area contributed by atoms with E-state index < -0.39 is 5.60 Å². The van der Waals surface area contributed by atoms with Crippen LogP contribution in [0.15, 0.2) is 0 Å². The van der Waals surface area contributed by atoms with Crippen LogP contribution in [-0.2, 0) is 6.54 Å². The molecule has 0 aliphatic heterocycles. The Hall–Kier alpha value is -1.56. The molecule has 6 nitrogen and oxygen atoms in total. The Morgan fingerprint density at radius 2 is 2.00 bits per heavy atom. The summed E-state index contributed by atoms with van der Waals surface area (Å²) in [6, 6.07) is -0.289. The van der Waals surface area contributed by atoms with Gasteiger partial charge in [0.15, 0.2) is 0 Å². The number of urea groups is 1. The van der Waals surface area contributed by atoms with Gasteiger partial charge in [-0.3, -0.25) is 4.68 Å². The summed E-state index contributed by atoms with van der Waals surface area (Å²) in [4.78, 5) is 12.2. The van der Waals surface area contributed by atoms with Gasteiger partial charge in [-0.15, -0.1) is 0 Å². The Bertz CT molecular complexity index is 545. The van der Waals surface area contributed by atoms with E-state index in [0.717, 1.165) is 36.5 Å². The molecule has 130 valence electrons. The molecular weight excluding hydrogens is 292 g/mol. The maximum Gasteiger partial charge on any atom is 0.319 e. The number of hydrogen-bond donors (Lipinski definition) is 3. The summed E-state index contributed by atoms with van der Waals surface area (Å²) in [5.41, 5.74) is 1.65. The Morgan fingerprint density at radius 1 is 1.35 bits per heavy atom. The number of aryl methyl sites for hydroxylation is 2. The fourth-order valence-corrected chi connectivity index (χ4v) is 3.47. The van der Waals surface area contributed by atoms with Crippen molar-refractivity contribution in [3.05, 3.63) is 11.4 Å². The molecule has 2 rings (SSSR count). The zero-order chi connectivity index (χ0) is 17.0. The topological polar surface area (TPSA) is 79.2 Å². The van der Waals surface area contributed by atoms with Gasteiger partial charge in [0.05, 0.1) is 22.7 Å². The molecule has 23 heavy (non-hydrogen) atoms. The Balaban J connectivity index is 1.91. The molecule has 6 heteroatoms. The van der Waals surface area contributed by atoms with Crippen LogP contribution in [0.3, 0.4) is 0 Å². The van der Waals surface area contributed by atoms with Crippen molar-refractivity contribution in [2.24, 2.45) is 5.92 Å². The molecule has 0 saturated heterocycles. The lowest BCUT2D eigenvalue weighted by atomic mass is 9.78. The quantitative estimate of drug-likeness (QED) is 0.780. The molecule has 3 N–H and O–H groups in total. The fraction of sp³-hybridized carbons (Fsp3) is 0.765. The molecule has 1 unspecified atom stereocenters. The van der Waals surface area contributed by atoms with Crippen molar-refractivity contribution in [2.75, 3.05) is 11.9 Å². The minimum atomic E-state index is -0.852. The number of carbonyl (C=O) groups excluding carboxylic acids is 1. The van der Waals surface area contributed by atoms with E-state index in [-0.39, 0.29) is 18.5 Å². The van der Waals surface area contributed by atoms with E-state index in [1.54, 1.807) is 0 Å². The lowest BCUT2D eigenvalue weighted by Gasteiger charge is -2.35. The van der Waals surface area contributed by atoms with E-state index in [4.69, 9.17) is 0 Å². The smallest absolute Gasteiger partial charge is 0.319 e. The summed E-state index contributed by atoms with van der Waals surface area (Å²) >= 11 is 0. The van der Waals surface area contributed by atoms with Crippen LogP contribution in [0.4, 0.5) is 10.5 Å². The minimum absolute atomic E-state index is 0.267. The van der Waals surface area contributed by atoms with E-state index in [9.17, 15) is 9.90 Å². The molecule has 1 aromatic rings. The first-order valence-corrected chi connectivity index (χ1v) is 8.66. The van der Waals surface area contributed by atoms with Gasteiger partial charge in [-0.05, 0) is 46.5 Å². The molecular formula is C17H30N4O2. The highest BCUT2D eigenvalue weighted by molar-refractivity contribution is 5.90. The van der Waals surface area contributed by atoms with Gasteiger partial charge in [-0.25, -0.2) is 4.79 Å². The van der Waals surface area contributed by atoms with Crippen LogP contribution in [0.2, 0.25) is 0 Å². The third kappa shape index (κ3) is 4.25. The molecule has 1 aromatic heterocycles. The first-order chi connectivity index (χ1) is 10.8. The van der Waals surface area contributed by atoms with Crippen molar-refractivity contribution < 1.29 is 9.90 Å². The number of anilines is 1. The lowest BCUT2D eigenvalue weighted by molar-refractivity contribution is -0.0127. The number of nitrogens with zero attached hydrogens (tertiary/aromatic N) is 2. The van der Waals surface area contributed by atoms with Crippen molar-refractivity contribution >= 4 is 11.7 Å². The molecule has 0 aromatic carbocycles. The number of aromatic nitrogens is 2. The average Bonchev–Trinajstić information content (AvgIpc) is 2.81. The maximum atomic E-state index is 12.2. The molecule has 1 fully saturated rings. The van der Waals surface area contributed by atoms with Gasteiger partial charge in [0, 0.05) is 13.1 Å². The van der Waals surface area contributed by atoms with Crippen LogP contribution in [0, 0.1) is 19.8 Å². The second kappa shape index (κ2) is 7.34. The van der Waals surface area contributed by atoms with Crippen LogP contribution in [0.5, 0.6) is 0 Å². The van der Waals surface area contributed by atoms with E-state index >= 15 is 0 Å². The van der Waals surface area contributed by atoms with Gasteiger partial charge >= 0.3 is 6.03 Å². The van der Waals surface area contributed by atoms with E-state index in [0.29, 0.717) is 0 Å². The van der Waals surface area contributed by atoms with Crippen LogP contribution in [0.25, 0.3) is 0 Å². The fourth-order valence-electron chi connectivity index (χ4n) is 3.47. The molecule has 0 bridgehead atoms. The summed E-state index contributed by atoms with van der Waals surface area (Å²) < 4.78 is 1.86. The molecule has 0 spiro atoms. The largest absolute Gasteiger partial charge is 0.388 e. The summed E-state index contributed by atoms with van der Waals surface area (Å²) in [6.45, 7) is 8.71. The number of carbonyl (C=O) groups is 1. The lowest BCUT2D eigenvalue weighted by Crippen LogP contribution is -2.47. The highest BCUT2D eigenvalue weighted by Gasteiger charge is 2.33. The van der Waals surface area contributed by atoms with Gasteiger partial charge in [0.2, 0.25) is 0 Å². The second-order valence-electron chi connectivity index (χ2n) is 6.86. The predicted molar refractivity (Wildman–Crippen MR) is 91.6 cm³/mol. The summed E-state index contributed by atoms with van der Waals surface area (Å²) in [5, 5.41) is 20.7. The second-order valence-corrected chi connectivity index (χ2v) is 6.86. The van der Waals surface area contributed by atoms with Crippen LogP contribution >= 0.6 is 0 Å². The van der Waals surface area contributed by atoms with Crippen molar-refractivity contribution in [1.82, 2.24) is 15.1 Å². The van der Waals surface area contributed by atoms with Gasteiger partial charge < -0.3 is 15.7 Å². The van der Waals surface area contributed by atoms with Gasteiger partial charge in [-0.1, -0.05) is 19.3 Å². The summed E-state index contributed by atoms with van der Waals surface area (Å²) in [7, 11) is 0. The summed E-state index contributed by atoms with van der Waals surface area (Å²) in [5.74, 6) is 0.267. The molecule has 1 aliphatic carbocycles. The Labute approximate surface area is 138 Å². The third-order valence-corrected chi connectivity index (χ3v) is 5.01. The molecule has 1 saturated carbocycles. The van der Waals surface area contributed by atoms with Crippen molar-refractivity contribution in [2.45, 2.75) is 71.9 Å². The van der Waals surface area contributed by atoms with Crippen molar-refractivity contribution in [1.29, 1.82) is 0 Å². The van der Waals surface area contributed by atoms with Crippen molar-refractivity contribution in [3.63, 3.8) is 0 Å². The zero-order valence-electron chi connectivity index (χ0n) is 14.8. The van der Waals surface area contributed by atoms with E-state index in [2.05, 4.69) is 15.7 Å². The highest BCUT2D eigenvalue weighted by Crippen LogP contribution is 2.32. The summed E-state index contributed by atoms with van der Waals surface area (Å²) in [6.07, 6.45) is 5.67. The molecule has 1 heterocycles. The maximum absolute atomic E-state index is 12.2. The zero-order valence-corrected chi connectivity index (χ0v) is 14.8. The van der Waals surface area contributed by atoms with Crippen LogP contribution in [0.1, 0.15) is 57.3 Å². The number of amides is 2. The first kappa shape index (κ1) is 17.8. The van der Waals surface area contributed by atoms with Gasteiger partial charge in [-0.2, -0.15) is 5.10 Å². The first-order valence-electron chi connectivity index (χ1n) is 8.66. The monoisotopic (exact) mass is 322 g/mol. The predicted octanol–water partition coefficient (Wildman–Crippen LogP) is 2.97. The Morgan fingerprint density at radius 3 is 2.57 bits per heavy atom. The Kier molecular flexibility index (Phi) is 5.68. The van der Waals surface area contributed by atoms with E-state index in [1.807, 2.05) is 32.4 Å². The average molecular weight is 322 g/mol. The minimum Gasteiger partial charge on any atom is -0.388 e. The van der Waals surface area contributed by atoms with Crippen LogP contribution < -0.4 is 10.6 Å². The van der Waals surface area contributed by atoms with Gasteiger partial charge in [0.1, 0.15) is 0 Å². The molecule has 1 aliphatic rings. The van der Waals surface area contributed by atoms with Crippen molar-refractivity contribution in [3.8, 4) is 0 Å². The number of rotatable bonds is 5. The third-order valence-electron chi connectivity index (χ3n) is 5.01. The molecule has 2 amide bonds. The normalized spacial score (nSPS) is 18.5. The van der Waals surface area contributed by atoms with Gasteiger partial charge in [0.25, 0.3) is 0 Å². The molecule has 0 radical (unpaired) electrons. The number of nitrogens with one attached hydrogen (secondary N) is 2. The SMILES string of the molecule is CCn1nc(C)c(NC(=O)NCC(C)(O)C2CCCCC2)c1C. The number of hydrogen-bond acceptors (Lipinski definition) is 3. The molecule has 1 atom stereocenters. The van der Waals surface area contributed by atoms with E-state index in [1.165, 1.54) is 19.3 Å². The number of aliphatic hydroxyl groups is 1. The standard InChI is InChI=1S/C17H30N4O2/c1-5-21-13(3)15(12(2)20-21)19-16(22)18-11-17(4,23)14-9-7-6-8-10-14/h14,23H,5-11H2,1-4H3,(H2,18,19,22). The highest BCUT2D eigenvalue weighted by atomic mass is 16.3. The van der Waals surface area contributed by atoms with Crippen LogP contribution in [-0.4, -0.2) is 33.1 Å².